The third kappa shape index (κ3) is 4.03. The average molecular weight is 294 g/mol. The van der Waals surface area contributed by atoms with Crippen LogP contribution in [0, 0.1) is 11.8 Å². The van der Waals surface area contributed by atoms with Crippen LogP contribution in [0.25, 0.3) is 0 Å². The van der Waals surface area contributed by atoms with Crippen LogP contribution in [0.1, 0.15) is 55.5 Å². The Morgan fingerprint density at radius 2 is 2.14 bits per heavy atom. The van der Waals surface area contributed by atoms with Crippen LogP contribution in [-0.4, -0.2) is 38.7 Å². The highest BCUT2D eigenvalue weighted by Gasteiger charge is 2.31. The van der Waals surface area contributed by atoms with Gasteiger partial charge >= 0.3 is 5.97 Å². The molecule has 0 aliphatic heterocycles. The first-order chi connectivity index (χ1) is 10.1. The molecule has 7 nitrogen and oxygen atoms in total. The quantitative estimate of drug-likeness (QED) is 0.734. The van der Waals surface area contributed by atoms with Crippen LogP contribution >= 0.6 is 0 Å². The van der Waals surface area contributed by atoms with Crippen molar-refractivity contribution >= 4 is 11.9 Å². The number of carbonyl (C=O) groups excluding carboxylic acids is 1. The number of hydrogen-bond donors (Lipinski definition) is 3. The molecule has 1 aliphatic rings. The topological polar surface area (TPSA) is 108 Å². The van der Waals surface area contributed by atoms with E-state index >= 15 is 0 Å². The number of carboxylic acids is 1. The lowest BCUT2D eigenvalue weighted by molar-refractivity contribution is -0.144. The Morgan fingerprint density at radius 3 is 2.86 bits per heavy atom. The van der Waals surface area contributed by atoms with Crippen molar-refractivity contribution in [3.05, 3.63) is 11.6 Å². The zero-order chi connectivity index (χ0) is 15.2. The van der Waals surface area contributed by atoms with Gasteiger partial charge in [0, 0.05) is 13.0 Å². The molecule has 1 fully saturated rings. The molecular formula is C14H22N4O3. The van der Waals surface area contributed by atoms with E-state index in [-0.39, 0.29) is 23.6 Å². The number of aromatic amines is 1. The maximum Gasteiger partial charge on any atom is 0.306 e. The number of H-pyrrole nitrogens is 1. The van der Waals surface area contributed by atoms with Gasteiger partial charge in [0.15, 0.2) is 0 Å². The van der Waals surface area contributed by atoms with Crippen LogP contribution in [0.15, 0.2) is 0 Å². The minimum atomic E-state index is -0.767. The second-order valence-corrected chi connectivity index (χ2v) is 5.56. The summed E-state index contributed by atoms with van der Waals surface area (Å²) in [6.45, 7) is 2.39. The summed E-state index contributed by atoms with van der Waals surface area (Å²) >= 11 is 0. The Bertz CT molecular complexity index is 500. The lowest BCUT2D eigenvalue weighted by atomic mass is 9.79. The number of carbonyl (C=O) groups is 2. The van der Waals surface area contributed by atoms with Crippen molar-refractivity contribution in [1.82, 2.24) is 20.5 Å². The van der Waals surface area contributed by atoms with Crippen molar-refractivity contribution in [2.24, 2.45) is 11.8 Å². The Balaban J connectivity index is 1.88. The number of rotatable bonds is 6. The van der Waals surface area contributed by atoms with Gasteiger partial charge in [-0.1, -0.05) is 19.8 Å². The molecule has 0 bridgehead atoms. The Hall–Kier alpha value is -1.92. The first-order valence-corrected chi connectivity index (χ1v) is 7.54. The lowest BCUT2D eigenvalue weighted by Crippen LogP contribution is -2.37. The summed E-state index contributed by atoms with van der Waals surface area (Å²) in [6, 6.07) is 0. The number of aryl methyl sites for hydroxylation is 1. The minimum Gasteiger partial charge on any atom is -0.481 e. The van der Waals surface area contributed by atoms with Gasteiger partial charge in [-0.25, -0.2) is 4.98 Å². The fourth-order valence-corrected chi connectivity index (χ4v) is 2.83. The molecule has 1 amide bonds. The lowest BCUT2D eigenvalue weighted by Gasteiger charge is -2.28. The third-order valence-corrected chi connectivity index (χ3v) is 3.97. The zero-order valence-electron chi connectivity index (χ0n) is 12.3. The second-order valence-electron chi connectivity index (χ2n) is 5.56. The van der Waals surface area contributed by atoms with Crippen molar-refractivity contribution in [1.29, 1.82) is 0 Å². The normalized spacial score (nSPS) is 22.0. The molecule has 116 valence electrons. The highest BCUT2D eigenvalue weighted by atomic mass is 16.4. The number of nitrogens with one attached hydrogen (secondary N) is 2. The van der Waals surface area contributed by atoms with E-state index in [1.165, 1.54) is 0 Å². The predicted molar refractivity (Wildman–Crippen MR) is 75.8 cm³/mol. The molecule has 2 unspecified atom stereocenters. The minimum absolute atomic E-state index is 0.00532. The van der Waals surface area contributed by atoms with Crippen molar-refractivity contribution < 1.29 is 14.7 Å². The summed E-state index contributed by atoms with van der Waals surface area (Å²) in [5.74, 6) is -0.652. The fourth-order valence-electron chi connectivity index (χ4n) is 2.83. The first kappa shape index (κ1) is 15.5. The zero-order valence-corrected chi connectivity index (χ0v) is 12.3. The van der Waals surface area contributed by atoms with Gasteiger partial charge in [0.05, 0.1) is 5.92 Å². The predicted octanol–water partition coefficient (Wildman–Crippen LogP) is 1.38. The molecule has 2 rings (SSSR count). The molecule has 0 saturated heterocycles. The summed E-state index contributed by atoms with van der Waals surface area (Å²) in [5, 5.41) is 18.6. The number of aliphatic carboxylic acids is 1. The molecule has 1 saturated carbocycles. The SMILES string of the molecule is CCCc1nc(C(=O)NCC2CCCCC2C(=O)O)n[nH]1. The van der Waals surface area contributed by atoms with Gasteiger partial charge in [-0.3, -0.25) is 14.7 Å². The molecule has 1 heterocycles. The summed E-state index contributed by atoms with van der Waals surface area (Å²) in [5.41, 5.74) is 0. The monoisotopic (exact) mass is 294 g/mol. The molecule has 0 aromatic carbocycles. The molecule has 21 heavy (non-hydrogen) atoms. The van der Waals surface area contributed by atoms with E-state index in [0.717, 1.165) is 32.1 Å². The van der Waals surface area contributed by atoms with Gasteiger partial charge in [-0.15, -0.1) is 5.10 Å². The molecule has 1 aromatic heterocycles. The standard InChI is InChI=1S/C14H22N4O3/c1-2-5-11-16-12(18-17-11)13(19)15-8-9-6-3-4-7-10(9)14(20)21/h9-10H,2-8H2,1H3,(H,15,19)(H,20,21)(H,16,17,18). The summed E-state index contributed by atoms with van der Waals surface area (Å²) < 4.78 is 0. The summed E-state index contributed by atoms with van der Waals surface area (Å²) in [7, 11) is 0. The largest absolute Gasteiger partial charge is 0.481 e. The van der Waals surface area contributed by atoms with E-state index in [2.05, 4.69) is 20.5 Å². The molecule has 7 heteroatoms. The number of aromatic nitrogens is 3. The van der Waals surface area contributed by atoms with Gasteiger partial charge in [0.1, 0.15) is 5.82 Å². The smallest absolute Gasteiger partial charge is 0.306 e. The van der Waals surface area contributed by atoms with Gasteiger partial charge < -0.3 is 10.4 Å². The molecule has 0 radical (unpaired) electrons. The van der Waals surface area contributed by atoms with E-state index in [9.17, 15) is 14.7 Å². The number of amides is 1. The van der Waals surface area contributed by atoms with Crippen LogP contribution in [0.3, 0.4) is 0 Å². The Labute approximate surface area is 123 Å². The number of nitrogens with zero attached hydrogens (tertiary/aromatic N) is 2. The van der Waals surface area contributed by atoms with E-state index in [1.807, 2.05) is 6.92 Å². The van der Waals surface area contributed by atoms with Gasteiger partial charge in [0.2, 0.25) is 5.82 Å². The highest BCUT2D eigenvalue weighted by Crippen LogP contribution is 2.29. The summed E-state index contributed by atoms with van der Waals surface area (Å²) in [4.78, 5) is 27.3. The molecule has 1 aliphatic carbocycles. The first-order valence-electron chi connectivity index (χ1n) is 7.54. The molecule has 2 atom stereocenters. The Morgan fingerprint density at radius 1 is 1.38 bits per heavy atom. The van der Waals surface area contributed by atoms with Crippen LogP contribution in [0.4, 0.5) is 0 Å². The fraction of sp³-hybridized carbons (Fsp3) is 0.714. The number of hydrogen-bond acceptors (Lipinski definition) is 4. The van der Waals surface area contributed by atoms with Crippen LogP contribution in [0.5, 0.6) is 0 Å². The highest BCUT2D eigenvalue weighted by molar-refractivity contribution is 5.90. The van der Waals surface area contributed by atoms with Crippen molar-refractivity contribution in [2.75, 3.05) is 6.54 Å². The third-order valence-electron chi connectivity index (χ3n) is 3.97. The van der Waals surface area contributed by atoms with E-state index in [4.69, 9.17) is 0 Å². The molecule has 3 N–H and O–H groups in total. The van der Waals surface area contributed by atoms with Crippen molar-refractivity contribution in [3.8, 4) is 0 Å². The van der Waals surface area contributed by atoms with Crippen LogP contribution in [-0.2, 0) is 11.2 Å². The van der Waals surface area contributed by atoms with Crippen LogP contribution < -0.4 is 5.32 Å². The van der Waals surface area contributed by atoms with Crippen molar-refractivity contribution in [3.63, 3.8) is 0 Å². The Kier molecular flexibility index (Phi) is 5.30. The van der Waals surface area contributed by atoms with Gasteiger partial charge in [-0.05, 0) is 25.2 Å². The van der Waals surface area contributed by atoms with E-state index in [1.54, 1.807) is 0 Å². The maximum atomic E-state index is 12.0. The second kappa shape index (κ2) is 7.19. The van der Waals surface area contributed by atoms with Gasteiger partial charge in [-0.2, -0.15) is 0 Å². The van der Waals surface area contributed by atoms with Crippen LogP contribution in [0.2, 0.25) is 0 Å². The molecular weight excluding hydrogens is 272 g/mol. The molecule has 0 spiro atoms. The number of carboxylic acid groups (broad SMARTS) is 1. The van der Waals surface area contributed by atoms with E-state index < -0.39 is 5.97 Å². The van der Waals surface area contributed by atoms with E-state index in [0.29, 0.717) is 18.8 Å². The summed E-state index contributed by atoms with van der Waals surface area (Å²) in [6.07, 6.45) is 5.18. The van der Waals surface area contributed by atoms with Gasteiger partial charge in [0.25, 0.3) is 5.91 Å². The average Bonchev–Trinajstić information content (AvgIpc) is 2.94. The van der Waals surface area contributed by atoms with Crippen molar-refractivity contribution in [2.45, 2.75) is 45.4 Å². The molecule has 1 aromatic rings. The maximum absolute atomic E-state index is 12.0.